The summed E-state index contributed by atoms with van der Waals surface area (Å²) in [4.78, 5) is 24.4. The van der Waals surface area contributed by atoms with Crippen LogP contribution >= 0.6 is 11.6 Å². The number of benzene rings is 1. The third kappa shape index (κ3) is 4.45. The van der Waals surface area contributed by atoms with Crippen LogP contribution in [0.2, 0.25) is 5.02 Å². The van der Waals surface area contributed by atoms with E-state index in [1.54, 1.807) is 36.0 Å². The highest BCUT2D eigenvalue weighted by Gasteiger charge is 2.29. The van der Waals surface area contributed by atoms with Crippen LogP contribution in [-0.2, 0) is 4.74 Å². The number of rotatable bonds is 4. The zero-order valence-electron chi connectivity index (χ0n) is 17.6. The zero-order valence-corrected chi connectivity index (χ0v) is 18.3. The molecule has 8 nitrogen and oxygen atoms in total. The summed E-state index contributed by atoms with van der Waals surface area (Å²) in [5, 5.41) is 14.8. The fourth-order valence-corrected chi connectivity index (χ4v) is 4.16. The van der Waals surface area contributed by atoms with E-state index in [-0.39, 0.29) is 12.1 Å². The Morgan fingerprint density at radius 3 is 2.77 bits per heavy atom. The van der Waals surface area contributed by atoms with E-state index in [0.717, 1.165) is 24.0 Å². The van der Waals surface area contributed by atoms with E-state index in [9.17, 15) is 9.90 Å². The van der Waals surface area contributed by atoms with Gasteiger partial charge in [0, 0.05) is 54.1 Å². The van der Waals surface area contributed by atoms with Crippen molar-refractivity contribution >= 4 is 41.1 Å². The molecule has 164 valence electrons. The van der Waals surface area contributed by atoms with E-state index in [0.29, 0.717) is 42.1 Å². The van der Waals surface area contributed by atoms with Gasteiger partial charge in [0.1, 0.15) is 5.82 Å². The van der Waals surface area contributed by atoms with Crippen molar-refractivity contribution in [2.24, 2.45) is 0 Å². The van der Waals surface area contributed by atoms with Gasteiger partial charge in [0.15, 0.2) is 6.23 Å². The van der Waals surface area contributed by atoms with Crippen LogP contribution in [0.25, 0.3) is 11.6 Å². The molecule has 31 heavy (non-hydrogen) atoms. The minimum absolute atomic E-state index is 0.164. The molecule has 0 aliphatic carbocycles. The molecular weight excluding hydrogens is 418 g/mol. The Morgan fingerprint density at radius 2 is 2.06 bits per heavy atom. The number of aromatic nitrogens is 2. The summed E-state index contributed by atoms with van der Waals surface area (Å²) >= 11 is 6.33. The Labute approximate surface area is 186 Å². The van der Waals surface area contributed by atoms with Crippen molar-refractivity contribution in [3.05, 3.63) is 46.6 Å². The number of carbonyl (C=O) groups is 1. The van der Waals surface area contributed by atoms with E-state index in [1.807, 2.05) is 24.3 Å². The molecule has 1 amide bonds. The first-order chi connectivity index (χ1) is 15.0. The Balaban J connectivity index is 1.49. The van der Waals surface area contributed by atoms with Gasteiger partial charge in [-0.3, -0.25) is 0 Å². The first-order valence-electron chi connectivity index (χ1n) is 10.4. The number of fused-ring (bicyclic) bond motifs is 1. The molecule has 1 saturated heterocycles. The van der Waals surface area contributed by atoms with Crippen molar-refractivity contribution in [3.8, 4) is 0 Å². The maximum Gasteiger partial charge on any atom is 0.409 e. The number of aliphatic hydroxyl groups is 1. The third-order valence-corrected chi connectivity index (χ3v) is 5.95. The zero-order chi connectivity index (χ0) is 22.0. The van der Waals surface area contributed by atoms with Crippen molar-refractivity contribution in [3.63, 3.8) is 0 Å². The van der Waals surface area contributed by atoms with Crippen LogP contribution in [0.15, 0.2) is 30.5 Å². The lowest BCUT2D eigenvalue weighted by Gasteiger charge is -2.33. The van der Waals surface area contributed by atoms with E-state index in [4.69, 9.17) is 16.3 Å². The number of hydrogen-bond acceptors (Lipinski definition) is 7. The van der Waals surface area contributed by atoms with Crippen LogP contribution in [0, 0.1) is 0 Å². The number of carbonyl (C=O) groups excluding carboxylic acids is 1. The number of aliphatic hydroxyl groups excluding tert-OH is 1. The molecule has 1 aromatic heterocycles. The minimum Gasteiger partial charge on any atom is -0.450 e. The quantitative estimate of drug-likeness (QED) is 0.747. The molecule has 0 spiro atoms. The lowest BCUT2D eigenvalue weighted by atomic mass is 9.98. The molecule has 2 aliphatic heterocycles. The van der Waals surface area contributed by atoms with E-state index in [2.05, 4.69) is 15.3 Å². The van der Waals surface area contributed by atoms with Gasteiger partial charge in [0.2, 0.25) is 5.95 Å². The molecule has 9 heteroatoms. The second-order valence-electron chi connectivity index (χ2n) is 7.64. The predicted octanol–water partition coefficient (Wildman–Crippen LogP) is 3.47. The number of nitrogens with zero attached hydrogens (tertiary/aromatic N) is 4. The number of amides is 1. The highest BCUT2D eigenvalue weighted by Crippen LogP contribution is 2.36. The van der Waals surface area contributed by atoms with Crippen LogP contribution in [-0.4, -0.2) is 65.1 Å². The second kappa shape index (κ2) is 9.11. The minimum atomic E-state index is -0.872. The number of nitrogens with one attached hydrogen (secondary N) is 1. The maximum atomic E-state index is 11.9. The van der Waals surface area contributed by atoms with Gasteiger partial charge in [-0.1, -0.05) is 29.8 Å². The first-order valence-corrected chi connectivity index (χ1v) is 10.8. The Kier molecular flexibility index (Phi) is 6.29. The monoisotopic (exact) mass is 443 g/mol. The van der Waals surface area contributed by atoms with Gasteiger partial charge in [0.05, 0.1) is 6.61 Å². The van der Waals surface area contributed by atoms with Gasteiger partial charge in [0.25, 0.3) is 0 Å². The third-order valence-electron chi connectivity index (χ3n) is 5.63. The second-order valence-corrected chi connectivity index (χ2v) is 8.05. The number of anilines is 2. The van der Waals surface area contributed by atoms with Crippen LogP contribution in [0.3, 0.4) is 0 Å². The molecule has 2 aromatic rings. The molecule has 3 heterocycles. The lowest BCUT2D eigenvalue weighted by molar-refractivity contribution is 0.0983. The summed E-state index contributed by atoms with van der Waals surface area (Å²) in [6.07, 6.45) is 4.06. The van der Waals surface area contributed by atoms with Gasteiger partial charge < -0.3 is 25.0 Å². The number of piperidine rings is 1. The number of ether oxygens (including phenoxy) is 1. The molecule has 4 rings (SSSR count). The summed E-state index contributed by atoms with van der Waals surface area (Å²) in [5.74, 6) is 1.15. The summed E-state index contributed by atoms with van der Waals surface area (Å²) in [6, 6.07) is 7.60. The molecular formula is C22H26ClN5O3. The Hall–Kier alpha value is -2.84. The molecule has 0 radical (unpaired) electrons. The normalized spacial score (nSPS) is 19.0. The van der Waals surface area contributed by atoms with Crippen LogP contribution < -0.4 is 10.2 Å². The smallest absolute Gasteiger partial charge is 0.409 e. The van der Waals surface area contributed by atoms with Crippen LogP contribution in [0.1, 0.15) is 30.9 Å². The molecule has 0 saturated carbocycles. The van der Waals surface area contributed by atoms with Crippen molar-refractivity contribution < 1.29 is 14.6 Å². The highest BCUT2D eigenvalue weighted by atomic mass is 35.5. The molecule has 1 fully saturated rings. The molecule has 1 unspecified atom stereocenters. The topological polar surface area (TPSA) is 90.8 Å². The average molecular weight is 444 g/mol. The fraction of sp³-hybridized carbons (Fsp3) is 0.409. The van der Waals surface area contributed by atoms with E-state index >= 15 is 0 Å². The van der Waals surface area contributed by atoms with Crippen molar-refractivity contribution in [2.75, 3.05) is 37.0 Å². The first kappa shape index (κ1) is 21.4. The summed E-state index contributed by atoms with van der Waals surface area (Å²) < 4.78 is 5.07. The molecule has 1 aromatic carbocycles. The van der Waals surface area contributed by atoms with Crippen LogP contribution in [0.5, 0.6) is 0 Å². The van der Waals surface area contributed by atoms with Crippen molar-refractivity contribution in [1.29, 1.82) is 0 Å². The maximum absolute atomic E-state index is 11.9. The summed E-state index contributed by atoms with van der Waals surface area (Å²) in [7, 11) is 1.79. The number of likely N-dealkylation sites (tertiary alicyclic amines) is 1. The van der Waals surface area contributed by atoms with Gasteiger partial charge in [-0.05, 0) is 31.9 Å². The lowest BCUT2D eigenvalue weighted by Crippen LogP contribution is -2.43. The highest BCUT2D eigenvalue weighted by molar-refractivity contribution is 6.32. The number of halogens is 1. The summed E-state index contributed by atoms with van der Waals surface area (Å²) in [6.45, 7) is 3.44. The van der Waals surface area contributed by atoms with Crippen molar-refractivity contribution in [1.82, 2.24) is 14.9 Å². The standard InChI is InChI=1S/C22H26ClN5O3/c1-3-31-22(30)28-10-8-15(9-11-28)25-21-24-13-14-12-17(16-6-4-5-7-18(16)23)20(29)27(2)19(14)26-21/h4-7,12-13,15,20,29H,3,8-11H2,1-2H3,(H,24,25,26). The molecule has 1 atom stereocenters. The average Bonchev–Trinajstić information content (AvgIpc) is 2.78. The largest absolute Gasteiger partial charge is 0.450 e. The fourth-order valence-electron chi connectivity index (χ4n) is 3.92. The molecule has 2 aliphatic rings. The van der Waals surface area contributed by atoms with E-state index < -0.39 is 6.23 Å². The Bertz CT molecular complexity index is 991. The Morgan fingerprint density at radius 1 is 1.32 bits per heavy atom. The van der Waals surface area contributed by atoms with Crippen LogP contribution in [0.4, 0.5) is 16.6 Å². The van der Waals surface area contributed by atoms with Gasteiger partial charge in [-0.25, -0.2) is 9.78 Å². The van der Waals surface area contributed by atoms with E-state index in [1.165, 1.54) is 0 Å². The number of likely N-dealkylation sites (N-methyl/N-ethyl adjacent to an activating group) is 1. The number of hydrogen-bond donors (Lipinski definition) is 2. The van der Waals surface area contributed by atoms with Gasteiger partial charge in [-0.2, -0.15) is 4.98 Å². The summed E-state index contributed by atoms with van der Waals surface area (Å²) in [5.41, 5.74) is 2.30. The predicted molar refractivity (Wildman–Crippen MR) is 121 cm³/mol. The van der Waals surface area contributed by atoms with Gasteiger partial charge in [-0.15, -0.1) is 0 Å². The molecule has 2 N–H and O–H groups in total. The van der Waals surface area contributed by atoms with Gasteiger partial charge >= 0.3 is 6.09 Å². The van der Waals surface area contributed by atoms with Crippen molar-refractivity contribution in [2.45, 2.75) is 32.0 Å². The molecule has 0 bridgehead atoms. The SMILES string of the molecule is CCOC(=O)N1CCC(Nc2ncc3c(n2)N(C)C(O)C(c2ccccc2Cl)=C3)CC1.